The van der Waals surface area contributed by atoms with Gasteiger partial charge in [0.15, 0.2) is 17.2 Å². The second kappa shape index (κ2) is 4.85. The third-order valence-electron chi connectivity index (χ3n) is 2.46. The lowest BCUT2D eigenvalue weighted by Gasteiger charge is -2.08. The molecule has 0 bridgehead atoms. The summed E-state index contributed by atoms with van der Waals surface area (Å²) in [6.07, 6.45) is -0.272. The van der Waals surface area contributed by atoms with Gasteiger partial charge in [0.25, 0.3) is 0 Å². The number of rotatable bonds is 3. The molecule has 1 aromatic rings. The van der Waals surface area contributed by atoms with Crippen molar-refractivity contribution in [3.8, 4) is 5.75 Å². The Kier molecular flexibility index (Phi) is 3.44. The lowest BCUT2D eigenvalue weighted by molar-refractivity contribution is -0.150. The third kappa shape index (κ3) is 2.48. The predicted octanol–water partition coefficient (Wildman–Crippen LogP) is 1.13. The molecule has 5 nitrogen and oxygen atoms in total. The zero-order valence-electron chi connectivity index (χ0n) is 9.21. The molecule has 0 radical (unpaired) electrons. The number of benzene rings is 1. The Morgan fingerprint density at radius 1 is 1.65 bits per heavy atom. The maximum Gasteiger partial charge on any atom is 0.347 e. The number of fused-ring (bicyclic) bond motifs is 1. The van der Waals surface area contributed by atoms with Gasteiger partial charge >= 0.3 is 5.97 Å². The Morgan fingerprint density at radius 3 is 3.06 bits per heavy atom. The number of ether oxygens (including phenoxy) is 2. The summed E-state index contributed by atoms with van der Waals surface area (Å²) >= 11 is -2.02. The van der Waals surface area contributed by atoms with Gasteiger partial charge in [-0.15, -0.1) is 0 Å². The molecule has 0 saturated heterocycles. The largest absolute Gasteiger partial charge is 0.478 e. The summed E-state index contributed by atoms with van der Waals surface area (Å²) in [4.78, 5) is 11.8. The van der Waals surface area contributed by atoms with Crippen LogP contribution in [0, 0.1) is 0 Å². The van der Waals surface area contributed by atoms with E-state index in [1.807, 2.05) is 0 Å². The van der Waals surface area contributed by atoms with Crippen LogP contribution in [0.1, 0.15) is 12.5 Å². The van der Waals surface area contributed by atoms with Crippen LogP contribution in [0.4, 0.5) is 0 Å². The van der Waals surface area contributed by atoms with Crippen molar-refractivity contribution in [3.05, 3.63) is 23.8 Å². The summed E-state index contributed by atoms with van der Waals surface area (Å²) in [5.41, 5.74) is 0.753. The van der Waals surface area contributed by atoms with E-state index in [0.717, 1.165) is 5.56 Å². The van der Waals surface area contributed by atoms with Crippen molar-refractivity contribution in [2.45, 2.75) is 24.3 Å². The number of hydrogen-bond acceptors (Lipinski definition) is 4. The Hall–Kier alpha value is -1.40. The van der Waals surface area contributed by atoms with Crippen molar-refractivity contribution in [1.29, 1.82) is 0 Å². The Labute approximate surface area is 101 Å². The number of carbonyl (C=O) groups is 1. The molecule has 2 atom stereocenters. The van der Waals surface area contributed by atoms with Crippen LogP contribution in [0.15, 0.2) is 23.1 Å². The van der Waals surface area contributed by atoms with Gasteiger partial charge in [0.1, 0.15) is 5.75 Å². The minimum atomic E-state index is -2.02. The molecule has 0 aliphatic carbocycles. The first-order valence-electron chi connectivity index (χ1n) is 5.19. The lowest BCUT2D eigenvalue weighted by Crippen LogP contribution is -2.27. The summed E-state index contributed by atoms with van der Waals surface area (Å²) in [7, 11) is 0. The zero-order chi connectivity index (χ0) is 12.4. The summed E-state index contributed by atoms with van der Waals surface area (Å²) in [6, 6.07) is 4.67. The number of esters is 1. The van der Waals surface area contributed by atoms with Crippen LogP contribution in [0.25, 0.3) is 0 Å². The van der Waals surface area contributed by atoms with E-state index in [-0.39, 0.29) is 0 Å². The standard InChI is InChI=1S/C11H12O5S/c1-2-15-11(12)10-6-7-5-8(17(13)14)3-4-9(7)16-10/h3-5,10H,2,6H2,1H3,(H,13,14). The fraction of sp³-hybridized carbons (Fsp3) is 0.364. The van der Waals surface area contributed by atoms with Gasteiger partial charge < -0.3 is 14.0 Å². The van der Waals surface area contributed by atoms with Crippen molar-refractivity contribution in [3.63, 3.8) is 0 Å². The minimum absolute atomic E-state index is 0.303. The van der Waals surface area contributed by atoms with Crippen molar-refractivity contribution in [2.75, 3.05) is 6.61 Å². The topological polar surface area (TPSA) is 72.8 Å². The third-order valence-corrected chi connectivity index (χ3v) is 3.11. The van der Waals surface area contributed by atoms with E-state index in [9.17, 15) is 9.00 Å². The summed E-state index contributed by atoms with van der Waals surface area (Å²) in [5, 5.41) is 0. The first-order chi connectivity index (χ1) is 8.11. The van der Waals surface area contributed by atoms with Crippen LogP contribution >= 0.6 is 0 Å². The lowest BCUT2D eigenvalue weighted by atomic mass is 10.1. The monoisotopic (exact) mass is 256 g/mol. The molecule has 1 aromatic carbocycles. The van der Waals surface area contributed by atoms with E-state index in [4.69, 9.17) is 14.0 Å². The average Bonchev–Trinajstić information content (AvgIpc) is 2.71. The molecule has 2 rings (SSSR count). The van der Waals surface area contributed by atoms with E-state index in [2.05, 4.69) is 0 Å². The minimum Gasteiger partial charge on any atom is -0.478 e. The molecular formula is C11H12O5S. The van der Waals surface area contributed by atoms with Crippen LogP contribution < -0.4 is 4.74 Å². The van der Waals surface area contributed by atoms with E-state index in [1.165, 1.54) is 6.07 Å². The molecule has 2 unspecified atom stereocenters. The van der Waals surface area contributed by atoms with E-state index >= 15 is 0 Å². The molecule has 6 heteroatoms. The van der Waals surface area contributed by atoms with Gasteiger partial charge in [-0.25, -0.2) is 9.00 Å². The van der Waals surface area contributed by atoms with Crippen LogP contribution in [-0.4, -0.2) is 27.4 Å². The van der Waals surface area contributed by atoms with Crippen molar-refractivity contribution < 1.29 is 23.0 Å². The molecule has 0 amide bonds. The molecule has 1 aliphatic heterocycles. The van der Waals surface area contributed by atoms with Crippen LogP contribution in [0.2, 0.25) is 0 Å². The first-order valence-corrected chi connectivity index (χ1v) is 6.29. The Morgan fingerprint density at radius 2 is 2.41 bits per heavy atom. The smallest absolute Gasteiger partial charge is 0.347 e. The molecular weight excluding hydrogens is 244 g/mol. The fourth-order valence-electron chi connectivity index (χ4n) is 1.70. The second-order valence-electron chi connectivity index (χ2n) is 3.58. The van der Waals surface area contributed by atoms with Gasteiger partial charge in [-0.05, 0) is 30.7 Å². The molecule has 0 aromatic heterocycles. The highest BCUT2D eigenvalue weighted by Gasteiger charge is 2.30. The van der Waals surface area contributed by atoms with Crippen molar-refractivity contribution >= 4 is 17.0 Å². The molecule has 1 heterocycles. The highest BCUT2D eigenvalue weighted by Crippen LogP contribution is 2.30. The molecule has 1 N–H and O–H groups in total. The Bertz CT molecular complexity index is 471. The van der Waals surface area contributed by atoms with Crippen LogP contribution in [0.3, 0.4) is 0 Å². The fourth-order valence-corrected chi connectivity index (χ4v) is 2.13. The summed E-state index contributed by atoms with van der Waals surface area (Å²) in [6.45, 7) is 2.04. The van der Waals surface area contributed by atoms with Gasteiger partial charge in [-0.3, -0.25) is 0 Å². The second-order valence-corrected chi connectivity index (χ2v) is 4.55. The molecule has 92 valence electrons. The first kappa shape index (κ1) is 12.1. The highest BCUT2D eigenvalue weighted by atomic mass is 32.2. The zero-order valence-corrected chi connectivity index (χ0v) is 10.0. The van der Waals surface area contributed by atoms with Gasteiger partial charge in [0.2, 0.25) is 0 Å². The molecule has 1 aliphatic rings. The van der Waals surface area contributed by atoms with Gasteiger partial charge in [0, 0.05) is 6.42 Å². The molecule has 0 fully saturated rings. The number of hydrogen-bond donors (Lipinski definition) is 1. The van der Waals surface area contributed by atoms with E-state index < -0.39 is 23.2 Å². The molecule has 17 heavy (non-hydrogen) atoms. The quantitative estimate of drug-likeness (QED) is 0.648. The maximum atomic E-state index is 11.5. The van der Waals surface area contributed by atoms with Crippen molar-refractivity contribution in [1.82, 2.24) is 0 Å². The van der Waals surface area contributed by atoms with Gasteiger partial charge in [0.05, 0.1) is 11.5 Å². The molecule has 0 spiro atoms. The highest BCUT2D eigenvalue weighted by molar-refractivity contribution is 7.79. The maximum absolute atomic E-state index is 11.5. The van der Waals surface area contributed by atoms with Crippen molar-refractivity contribution in [2.24, 2.45) is 0 Å². The SMILES string of the molecule is CCOC(=O)C1Cc2cc(S(=O)O)ccc2O1. The van der Waals surface area contributed by atoms with Gasteiger partial charge in [-0.1, -0.05) is 0 Å². The predicted molar refractivity (Wildman–Crippen MR) is 60.2 cm³/mol. The van der Waals surface area contributed by atoms with Crippen LogP contribution in [0.5, 0.6) is 5.75 Å². The Balaban J connectivity index is 2.16. The van der Waals surface area contributed by atoms with E-state index in [0.29, 0.717) is 23.7 Å². The number of carbonyl (C=O) groups excluding carboxylic acids is 1. The summed E-state index contributed by atoms with van der Waals surface area (Å²) in [5.74, 6) is 0.160. The summed E-state index contributed by atoms with van der Waals surface area (Å²) < 4.78 is 30.1. The molecule has 0 saturated carbocycles. The van der Waals surface area contributed by atoms with E-state index in [1.54, 1.807) is 19.1 Å². The average molecular weight is 256 g/mol. The van der Waals surface area contributed by atoms with Gasteiger partial charge in [-0.2, -0.15) is 0 Å². The van der Waals surface area contributed by atoms with Crippen LogP contribution in [-0.2, 0) is 27.0 Å². The normalized spacial score (nSPS) is 19.3.